The van der Waals surface area contributed by atoms with Crippen LogP contribution in [0.3, 0.4) is 0 Å². The molecule has 1 unspecified atom stereocenters. The molecule has 1 aromatic carbocycles. The Labute approximate surface area is 124 Å². The third kappa shape index (κ3) is 3.86. The maximum atomic E-state index is 12.1. The number of rotatable bonds is 5. The van der Waals surface area contributed by atoms with Crippen LogP contribution in [-0.2, 0) is 9.47 Å². The van der Waals surface area contributed by atoms with Crippen LogP contribution < -0.4 is 14.8 Å². The number of nitrogens with one attached hydrogen (secondary N) is 1. The molecule has 21 heavy (non-hydrogen) atoms. The fraction of sp³-hybridized carbons (Fsp3) is 0.533. The van der Waals surface area contributed by atoms with Gasteiger partial charge in [0.25, 0.3) is 5.91 Å². The molecule has 1 heterocycles. The maximum Gasteiger partial charge on any atom is 0.251 e. The van der Waals surface area contributed by atoms with Crippen molar-refractivity contribution in [1.29, 1.82) is 0 Å². The van der Waals surface area contributed by atoms with Gasteiger partial charge in [-0.1, -0.05) is 0 Å². The minimum atomic E-state index is -0.585. The molecule has 116 valence electrons. The molecule has 1 saturated heterocycles. The molecule has 1 aliphatic rings. The number of carbonyl (C=O) groups excluding carboxylic acids is 1. The lowest BCUT2D eigenvalue weighted by atomic mass is 10.2. The number of hydrogen-bond donors (Lipinski definition) is 1. The van der Waals surface area contributed by atoms with Crippen LogP contribution in [0.2, 0.25) is 0 Å². The van der Waals surface area contributed by atoms with Gasteiger partial charge < -0.3 is 24.3 Å². The zero-order valence-electron chi connectivity index (χ0n) is 12.8. The van der Waals surface area contributed by atoms with Crippen LogP contribution in [0, 0.1) is 0 Å². The summed E-state index contributed by atoms with van der Waals surface area (Å²) in [5, 5.41) is 2.83. The lowest BCUT2D eigenvalue weighted by Crippen LogP contribution is -2.34. The molecule has 0 aromatic heterocycles. The van der Waals surface area contributed by atoms with Crippen LogP contribution in [0.15, 0.2) is 18.2 Å². The van der Waals surface area contributed by atoms with E-state index < -0.39 is 5.79 Å². The van der Waals surface area contributed by atoms with Gasteiger partial charge in [-0.3, -0.25) is 4.79 Å². The molecule has 6 heteroatoms. The van der Waals surface area contributed by atoms with Crippen molar-refractivity contribution in [2.45, 2.75) is 25.7 Å². The number of methoxy groups -OCH3 is 2. The van der Waals surface area contributed by atoms with Gasteiger partial charge in [0.1, 0.15) is 6.10 Å². The summed E-state index contributed by atoms with van der Waals surface area (Å²) in [7, 11) is 3.09. The summed E-state index contributed by atoms with van der Waals surface area (Å²) < 4.78 is 21.4. The normalized spacial score (nSPS) is 20.1. The van der Waals surface area contributed by atoms with Crippen LogP contribution in [0.1, 0.15) is 24.2 Å². The zero-order valence-corrected chi connectivity index (χ0v) is 12.8. The Morgan fingerprint density at radius 1 is 1.33 bits per heavy atom. The number of ether oxygens (including phenoxy) is 4. The Balaban J connectivity index is 1.94. The van der Waals surface area contributed by atoms with Crippen molar-refractivity contribution in [3.8, 4) is 11.5 Å². The van der Waals surface area contributed by atoms with Crippen LogP contribution in [0.5, 0.6) is 11.5 Å². The summed E-state index contributed by atoms with van der Waals surface area (Å²) in [4.78, 5) is 12.1. The molecule has 0 bridgehead atoms. The largest absolute Gasteiger partial charge is 0.493 e. The van der Waals surface area contributed by atoms with E-state index in [4.69, 9.17) is 18.9 Å². The van der Waals surface area contributed by atoms with E-state index in [1.807, 2.05) is 13.8 Å². The molecule has 1 atom stereocenters. The Kier molecular flexibility index (Phi) is 4.69. The highest BCUT2D eigenvalue weighted by molar-refractivity contribution is 5.94. The molecule has 1 N–H and O–H groups in total. The van der Waals surface area contributed by atoms with Crippen molar-refractivity contribution in [2.75, 3.05) is 27.4 Å². The predicted octanol–water partition coefficient (Wildman–Crippen LogP) is 1.59. The highest BCUT2D eigenvalue weighted by Gasteiger charge is 2.32. The minimum absolute atomic E-state index is 0.135. The Bertz CT molecular complexity index is 515. The van der Waals surface area contributed by atoms with Gasteiger partial charge in [0, 0.05) is 12.1 Å². The molecule has 0 radical (unpaired) electrons. The smallest absolute Gasteiger partial charge is 0.251 e. The van der Waals surface area contributed by atoms with E-state index in [1.54, 1.807) is 25.3 Å². The van der Waals surface area contributed by atoms with Crippen molar-refractivity contribution >= 4 is 5.91 Å². The summed E-state index contributed by atoms with van der Waals surface area (Å²) in [6.07, 6.45) is -0.135. The number of benzene rings is 1. The highest BCUT2D eigenvalue weighted by Crippen LogP contribution is 2.27. The second-order valence-electron chi connectivity index (χ2n) is 5.23. The Morgan fingerprint density at radius 2 is 2.05 bits per heavy atom. The van der Waals surface area contributed by atoms with Gasteiger partial charge >= 0.3 is 0 Å². The summed E-state index contributed by atoms with van der Waals surface area (Å²) in [5.74, 6) is 0.331. The molecule has 1 aliphatic heterocycles. The average molecular weight is 295 g/mol. The standard InChI is InChI=1S/C15H21NO5/c1-15(2)20-9-11(21-15)8-16-14(17)10-5-6-12(18-3)13(7-10)19-4/h5-7,11H,8-9H2,1-4H3,(H,16,17). The van der Waals surface area contributed by atoms with Crippen molar-refractivity contribution in [3.05, 3.63) is 23.8 Å². The molecule has 1 amide bonds. The molecular formula is C15H21NO5. The van der Waals surface area contributed by atoms with E-state index in [2.05, 4.69) is 5.32 Å². The fourth-order valence-electron chi connectivity index (χ4n) is 2.15. The van der Waals surface area contributed by atoms with E-state index >= 15 is 0 Å². The first-order valence-electron chi connectivity index (χ1n) is 6.77. The van der Waals surface area contributed by atoms with E-state index in [1.165, 1.54) is 7.11 Å². The third-order valence-electron chi connectivity index (χ3n) is 3.20. The molecular weight excluding hydrogens is 274 g/mol. The second-order valence-corrected chi connectivity index (χ2v) is 5.23. The van der Waals surface area contributed by atoms with Gasteiger partial charge in [0.15, 0.2) is 17.3 Å². The maximum absolute atomic E-state index is 12.1. The first-order chi connectivity index (χ1) is 9.95. The molecule has 0 spiro atoms. The van der Waals surface area contributed by atoms with Crippen LogP contribution >= 0.6 is 0 Å². The monoisotopic (exact) mass is 295 g/mol. The summed E-state index contributed by atoms with van der Waals surface area (Å²) in [6, 6.07) is 5.03. The van der Waals surface area contributed by atoms with Gasteiger partial charge in [-0.15, -0.1) is 0 Å². The average Bonchev–Trinajstić information content (AvgIpc) is 2.83. The van der Waals surface area contributed by atoms with Gasteiger partial charge in [-0.05, 0) is 32.0 Å². The van der Waals surface area contributed by atoms with Crippen molar-refractivity contribution in [2.24, 2.45) is 0 Å². The fourth-order valence-corrected chi connectivity index (χ4v) is 2.15. The molecule has 0 saturated carbocycles. The van der Waals surface area contributed by atoms with Gasteiger partial charge in [-0.25, -0.2) is 0 Å². The zero-order chi connectivity index (χ0) is 15.5. The van der Waals surface area contributed by atoms with Crippen LogP contribution in [0.4, 0.5) is 0 Å². The molecule has 6 nitrogen and oxygen atoms in total. The topological polar surface area (TPSA) is 66.0 Å². The van der Waals surface area contributed by atoms with Gasteiger partial charge in [0.05, 0.1) is 20.8 Å². The summed E-state index contributed by atoms with van der Waals surface area (Å²) in [5.41, 5.74) is 0.505. The molecule has 2 rings (SSSR count). The lowest BCUT2D eigenvalue weighted by molar-refractivity contribution is -0.137. The van der Waals surface area contributed by atoms with Crippen molar-refractivity contribution in [3.63, 3.8) is 0 Å². The quantitative estimate of drug-likeness (QED) is 0.893. The number of amides is 1. The van der Waals surface area contributed by atoms with Crippen molar-refractivity contribution < 1.29 is 23.7 Å². The second kappa shape index (κ2) is 6.32. The summed E-state index contributed by atoms with van der Waals surface area (Å²) in [6.45, 7) is 4.57. The van der Waals surface area contributed by atoms with E-state index in [9.17, 15) is 4.79 Å². The van der Waals surface area contributed by atoms with Crippen molar-refractivity contribution in [1.82, 2.24) is 5.32 Å². The molecule has 1 aromatic rings. The van der Waals surface area contributed by atoms with E-state index in [0.29, 0.717) is 30.2 Å². The lowest BCUT2D eigenvalue weighted by Gasteiger charge is -2.17. The minimum Gasteiger partial charge on any atom is -0.493 e. The third-order valence-corrected chi connectivity index (χ3v) is 3.20. The Morgan fingerprint density at radius 3 is 2.62 bits per heavy atom. The number of carbonyl (C=O) groups is 1. The molecule has 0 aliphatic carbocycles. The molecule has 1 fully saturated rings. The van der Waals surface area contributed by atoms with Crippen LogP contribution in [0.25, 0.3) is 0 Å². The highest BCUT2D eigenvalue weighted by atomic mass is 16.7. The first-order valence-corrected chi connectivity index (χ1v) is 6.77. The van der Waals surface area contributed by atoms with E-state index in [-0.39, 0.29) is 12.0 Å². The van der Waals surface area contributed by atoms with Gasteiger partial charge in [-0.2, -0.15) is 0 Å². The summed E-state index contributed by atoms with van der Waals surface area (Å²) >= 11 is 0. The Hall–Kier alpha value is -1.79. The first kappa shape index (κ1) is 15.6. The van der Waals surface area contributed by atoms with Gasteiger partial charge in [0.2, 0.25) is 0 Å². The number of hydrogen-bond acceptors (Lipinski definition) is 5. The predicted molar refractivity (Wildman–Crippen MR) is 76.8 cm³/mol. The SMILES string of the molecule is COc1ccc(C(=O)NCC2COC(C)(C)O2)cc1OC. The van der Waals surface area contributed by atoms with Crippen LogP contribution in [-0.4, -0.2) is 45.2 Å². The van der Waals surface area contributed by atoms with E-state index in [0.717, 1.165) is 0 Å².